The minimum absolute atomic E-state index is 0.0646. The summed E-state index contributed by atoms with van der Waals surface area (Å²) in [5.41, 5.74) is 2.85. The van der Waals surface area contributed by atoms with Gasteiger partial charge < -0.3 is 14.6 Å². The van der Waals surface area contributed by atoms with Crippen molar-refractivity contribution in [3.8, 4) is 11.5 Å². The number of benzene rings is 2. The van der Waals surface area contributed by atoms with Gasteiger partial charge in [0.2, 0.25) is 0 Å². The number of hydrogen-bond acceptors (Lipinski definition) is 7. The largest absolute Gasteiger partial charge is 0.504 e. The van der Waals surface area contributed by atoms with E-state index in [0.29, 0.717) is 56.9 Å². The van der Waals surface area contributed by atoms with E-state index in [1.165, 1.54) is 18.4 Å². The second-order valence-electron chi connectivity index (χ2n) is 8.15. The minimum atomic E-state index is -0.651. The molecule has 0 saturated heterocycles. The summed E-state index contributed by atoms with van der Waals surface area (Å²) in [6, 6.07) is 12.3. The molecule has 7 nitrogen and oxygen atoms in total. The molecule has 3 aromatic rings. The second kappa shape index (κ2) is 10.8. The highest BCUT2D eigenvalue weighted by Crippen LogP contribution is 2.33. The van der Waals surface area contributed by atoms with E-state index in [-0.39, 0.29) is 11.3 Å². The molecule has 1 aliphatic rings. The molecule has 1 aliphatic heterocycles. The minimum Gasteiger partial charge on any atom is -0.504 e. The Morgan fingerprint density at radius 1 is 1.25 bits per heavy atom. The Morgan fingerprint density at radius 2 is 2.00 bits per heavy atom. The van der Waals surface area contributed by atoms with Gasteiger partial charge in [0.15, 0.2) is 16.3 Å². The Morgan fingerprint density at radius 3 is 2.64 bits per heavy atom. The van der Waals surface area contributed by atoms with Gasteiger partial charge in [0.1, 0.15) is 0 Å². The zero-order valence-electron chi connectivity index (χ0n) is 20.5. The summed E-state index contributed by atoms with van der Waals surface area (Å²) in [4.78, 5) is 31.8. The van der Waals surface area contributed by atoms with E-state index in [4.69, 9.17) is 9.47 Å². The number of nitrogens with zero attached hydrogens (tertiary/aromatic N) is 2. The van der Waals surface area contributed by atoms with Crippen LogP contribution < -0.4 is 19.6 Å². The number of phenols is 1. The molecule has 2 aromatic carbocycles. The number of hydrogen-bond donors (Lipinski definition) is 1. The van der Waals surface area contributed by atoms with Crippen molar-refractivity contribution in [2.75, 3.05) is 13.7 Å². The van der Waals surface area contributed by atoms with Crippen molar-refractivity contribution >= 4 is 23.4 Å². The second-order valence-corrected chi connectivity index (χ2v) is 9.16. The first-order valence-electron chi connectivity index (χ1n) is 11.7. The van der Waals surface area contributed by atoms with Crippen molar-refractivity contribution in [2.24, 2.45) is 4.99 Å². The van der Waals surface area contributed by atoms with Crippen LogP contribution in [0, 0.1) is 0 Å². The summed E-state index contributed by atoms with van der Waals surface area (Å²) >= 11 is 1.26. The highest BCUT2D eigenvalue weighted by Gasteiger charge is 2.33. The molecule has 0 saturated carbocycles. The molecule has 0 aliphatic carbocycles. The van der Waals surface area contributed by atoms with Gasteiger partial charge >= 0.3 is 5.97 Å². The van der Waals surface area contributed by atoms with Gasteiger partial charge in [-0.25, -0.2) is 9.79 Å². The molecule has 1 atom stereocenters. The summed E-state index contributed by atoms with van der Waals surface area (Å²) in [5.74, 6) is -0.0956. The fourth-order valence-corrected chi connectivity index (χ4v) is 5.34. The lowest BCUT2D eigenvalue weighted by Crippen LogP contribution is -2.40. The molecule has 186 valence electrons. The molecule has 4 rings (SSSR count). The predicted octanol–water partition coefficient (Wildman–Crippen LogP) is 3.63. The lowest BCUT2D eigenvalue weighted by Gasteiger charge is -2.25. The zero-order chi connectivity index (χ0) is 25.8. The van der Waals surface area contributed by atoms with Crippen LogP contribution in [0.5, 0.6) is 11.5 Å². The topological polar surface area (TPSA) is 90.1 Å². The van der Waals surface area contributed by atoms with Crippen LogP contribution >= 0.6 is 11.3 Å². The fourth-order valence-electron chi connectivity index (χ4n) is 4.32. The molecule has 1 N–H and O–H groups in total. The summed E-state index contributed by atoms with van der Waals surface area (Å²) in [6.45, 7) is 7.91. The Hall–Kier alpha value is -3.91. The van der Waals surface area contributed by atoms with Gasteiger partial charge in [-0.05, 0) is 49.1 Å². The highest BCUT2D eigenvalue weighted by atomic mass is 32.1. The van der Waals surface area contributed by atoms with Crippen molar-refractivity contribution in [3.05, 3.63) is 103 Å². The summed E-state index contributed by atoms with van der Waals surface area (Å²) in [7, 11) is 1.33. The summed E-state index contributed by atoms with van der Waals surface area (Å²) < 4.78 is 12.7. The van der Waals surface area contributed by atoms with Gasteiger partial charge in [-0.2, -0.15) is 0 Å². The molecule has 36 heavy (non-hydrogen) atoms. The van der Waals surface area contributed by atoms with E-state index in [1.807, 2.05) is 50.2 Å². The number of aromatic hydroxyl groups is 1. The van der Waals surface area contributed by atoms with Crippen molar-refractivity contribution in [2.45, 2.75) is 32.7 Å². The number of esters is 1. The first-order valence-corrected chi connectivity index (χ1v) is 12.5. The van der Waals surface area contributed by atoms with Crippen molar-refractivity contribution in [1.82, 2.24) is 4.57 Å². The number of aromatic nitrogens is 1. The number of ether oxygens (including phenoxy) is 2. The van der Waals surface area contributed by atoms with Crippen LogP contribution in [0.1, 0.15) is 43.0 Å². The quantitative estimate of drug-likeness (QED) is 0.374. The first-order chi connectivity index (χ1) is 17.4. The Bertz CT molecular complexity index is 1520. The van der Waals surface area contributed by atoms with Crippen LogP contribution in [0.4, 0.5) is 0 Å². The maximum atomic E-state index is 13.8. The molecule has 8 heteroatoms. The molecule has 0 spiro atoms. The van der Waals surface area contributed by atoms with Gasteiger partial charge in [0.05, 0.1) is 35.6 Å². The molecule has 0 bridgehead atoms. The van der Waals surface area contributed by atoms with Crippen LogP contribution in [0.2, 0.25) is 0 Å². The number of allylic oxidation sites excluding steroid dienone is 2. The highest BCUT2D eigenvalue weighted by molar-refractivity contribution is 7.07. The van der Waals surface area contributed by atoms with E-state index in [9.17, 15) is 14.7 Å². The molecule has 0 radical (unpaired) electrons. The van der Waals surface area contributed by atoms with Gasteiger partial charge in [-0.1, -0.05) is 54.7 Å². The maximum absolute atomic E-state index is 13.8. The number of carbonyl (C=O) groups excluding carboxylic acids is 1. The standard InChI is InChI=1S/C28H28N2O5S/c1-5-11-19-14-17(15-21(25(19)31)35-7-3)16-22-26(32)30-24(18-12-9-8-10-13-18)23(27(33)34-4)20(6-2)29-28(30)36-22/h5,8-10,12-16,24,31H,1,6-7,11H2,2-4H3/b22-16-/t24-/m0/s1. The van der Waals surface area contributed by atoms with Gasteiger partial charge in [-0.15, -0.1) is 6.58 Å². The molecule has 1 aromatic heterocycles. The van der Waals surface area contributed by atoms with Crippen LogP contribution in [0.15, 0.2) is 76.2 Å². The normalized spacial score (nSPS) is 15.3. The number of carbonyl (C=O) groups is 1. The number of methoxy groups -OCH3 is 1. The summed E-state index contributed by atoms with van der Waals surface area (Å²) in [5, 5.41) is 10.5. The van der Waals surface area contributed by atoms with Crippen molar-refractivity contribution in [3.63, 3.8) is 0 Å². The summed E-state index contributed by atoms with van der Waals surface area (Å²) in [6.07, 6.45) is 4.42. The predicted molar refractivity (Wildman–Crippen MR) is 140 cm³/mol. The Labute approximate surface area is 213 Å². The fraction of sp³-hybridized carbons (Fsp3) is 0.250. The van der Waals surface area contributed by atoms with E-state index >= 15 is 0 Å². The third-order valence-electron chi connectivity index (χ3n) is 5.90. The lowest BCUT2D eigenvalue weighted by atomic mass is 9.95. The van der Waals surface area contributed by atoms with E-state index in [1.54, 1.807) is 22.8 Å². The lowest BCUT2D eigenvalue weighted by molar-refractivity contribution is -0.136. The molecular formula is C28H28N2O5S. The smallest absolute Gasteiger partial charge is 0.338 e. The van der Waals surface area contributed by atoms with E-state index in [0.717, 1.165) is 5.56 Å². The number of thiazole rings is 1. The number of fused-ring (bicyclic) bond motifs is 1. The molecule has 2 heterocycles. The molecule has 0 amide bonds. The average molecular weight is 505 g/mol. The first kappa shape index (κ1) is 25.2. The third kappa shape index (κ3) is 4.64. The zero-order valence-corrected chi connectivity index (χ0v) is 21.3. The Balaban J connectivity index is 1.97. The average Bonchev–Trinajstić information content (AvgIpc) is 3.20. The maximum Gasteiger partial charge on any atom is 0.338 e. The molecular weight excluding hydrogens is 476 g/mol. The number of rotatable bonds is 8. The van der Waals surface area contributed by atoms with Gasteiger partial charge in [0.25, 0.3) is 5.56 Å². The Kier molecular flexibility index (Phi) is 7.55. The van der Waals surface area contributed by atoms with Crippen LogP contribution in [0.3, 0.4) is 0 Å². The van der Waals surface area contributed by atoms with Gasteiger partial charge in [-0.3, -0.25) is 9.36 Å². The number of phenolic OH excluding ortho intramolecular Hbond substituents is 1. The monoisotopic (exact) mass is 504 g/mol. The molecule has 0 fully saturated rings. The van der Waals surface area contributed by atoms with E-state index in [2.05, 4.69) is 11.6 Å². The van der Waals surface area contributed by atoms with Crippen LogP contribution in [0.25, 0.3) is 6.08 Å². The molecule has 0 unspecified atom stereocenters. The SMILES string of the molecule is C=CCc1cc(/C=c2\sc3n(c2=O)[C@@H](c2ccccc2)C(C(=O)OC)=C(CC)N=3)cc(OCC)c1O. The van der Waals surface area contributed by atoms with Crippen LogP contribution in [-0.4, -0.2) is 29.4 Å². The van der Waals surface area contributed by atoms with Gasteiger partial charge in [0, 0.05) is 5.56 Å². The van der Waals surface area contributed by atoms with E-state index < -0.39 is 12.0 Å². The van der Waals surface area contributed by atoms with Crippen LogP contribution in [-0.2, 0) is 16.0 Å². The third-order valence-corrected chi connectivity index (χ3v) is 6.89. The van der Waals surface area contributed by atoms with Crippen molar-refractivity contribution < 1.29 is 19.4 Å². The van der Waals surface area contributed by atoms with Crippen molar-refractivity contribution in [1.29, 1.82) is 0 Å².